The molecule has 0 fully saturated rings. The standard InChI is InChI=1S/C7H14ClF9O3Si4/c1-21(15,5(9)10)18-24(4-8,19-22(2,16)6(11)12)20-23(3,17)7(13)14/h5-7H,4H2,1-3H3. The van der Waals surface area contributed by atoms with Crippen LogP contribution in [-0.2, 0) is 12.3 Å². The van der Waals surface area contributed by atoms with Crippen LogP contribution in [0.2, 0.25) is 19.6 Å². The summed E-state index contributed by atoms with van der Waals surface area (Å²) < 4.78 is 130. The van der Waals surface area contributed by atoms with Crippen LogP contribution in [0.25, 0.3) is 0 Å². The van der Waals surface area contributed by atoms with Crippen LogP contribution >= 0.6 is 11.6 Å². The summed E-state index contributed by atoms with van der Waals surface area (Å²) in [5.74, 6) is 0. The second kappa shape index (κ2) is 8.40. The molecule has 0 spiro atoms. The highest BCUT2D eigenvalue weighted by Gasteiger charge is 2.63. The molecule has 146 valence electrons. The predicted molar refractivity (Wildman–Crippen MR) is 75.9 cm³/mol. The maximum absolute atomic E-state index is 13.8. The molecule has 0 saturated heterocycles. The first-order chi connectivity index (χ1) is 10.5. The highest BCUT2D eigenvalue weighted by Crippen LogP contribution is 2.33. The Balaban J connectivity index is 5.86. The number of rotatable bonds is 10. The van der Waals surface area contributed by atoms with Crippen LogP contribution in [0.4, 0.5) is 38.7 Å². The van der Waals surface area contributed by atoms with Crippen molar-refractivity contribution in [2.24, 2.45) is 0 Å². The fraction of sp³-hybridized carbons (Fsp3) is 1.00. The number of alkyl halides is 7. The Morgan fingerprint density at radius 2 is 0.875 bits per heavy atom. The smallest absolute Gasteiger partial charge is 0.387 e. The van der Waals surface area contributed by atoms with Crippen LogP contribution in [0.5, 0.6) is 0 Å². The zero-order chi connectivity index (χ0) is 19.6. The van der Waals surface area contributed by atoms with E-state index in [4.69, 9.17) is 11.6 Å². The molecule has 24 heavy (non-hydrogen) atoms. The van der Waals surface area contributed by atoms with Gasteiger partial charge in [-0.05, 0) is 19.6 Å². The lowest BCUT2D eigenvalue weighted by Crippen LogP contribution is -2.66. The van der Waals surface area contributed by atoms with Crippen molar-refractivity contribution < 1.29 is 51.0 Å². The topological polar surface area (TPSA) is 27.7 Å². The van der Waals surface area contributed by atoms with Crippen molar-refractivity contribution in [3.63, 3.8) is 0 Å². The van der Waals surface area contributed by atoms with E-state index in [1.807, 2.05) is 0 Å². The van der Waals surface area contributed by atoms with Crippen molar-refractivity contribution in [3.05, 3.63) is 0 Å². The number of hydrogen-bond acceptors (Lipinski definition) is 3. The molecule has 3 unspecified atom stereocenters. The van der Waals surface area contributed by atoms with Gasteiger partial charge in [0.15, 0.2) is 0 Å². The molecule has 3 atom stereocenters. The van der Waals surface area contributed by atoms with Crippen LogP contribution in [0.15, 0.2) is 0 Å². The summed E-state index contributed by atoms with van der Waals surface area (Å²) in [6.07, 6.45) is 0. The zero-order valence-electron chi connectivity index (χ0n) is 12.4. The number of hydrogen-bond donors (Lipinski definition) is 0. The monoisotopic (exact) mass is 464 g/mol. The van der Waals surface area contributed by atoms with Gasteiger partial charge in [-0.2, -0.15) is 0 Å². The van der Waals surface area contributed by atoms with Gasteiger partial charge >= 0.3 is 34.8 Å². The van der Waals surface area contributed by atoms with E-state index in [0.29, 0.717) is 0 Å². The molecular weight excluding hydrogens is 451 g/mol. The molecule has 0 rings (SSSR count). The summed E-state index contributed by atoms with van der Waals surface area (Å²) in [5.41, 5.74) is -1.37. The van der Waals surface area contributed by atoms with Crippen LogP contribution < -0.4 is 0 Å². The molecule has 0 aliphatic carbocycles. The second-order valence-corrected chi connectivity index (χ2v) is 17.1. The molecule has 0 bridgehead atoms. The Hall–Kier alpha value is 0.408. The van der Waals surface area contributed by atoms with Gasteiger partial charge in [-0.25, -0.2) is 26.3 Å². The molecule has 0 amide bonds. The maximum Gasteiger partial charge on any atom is 0.490 e. The Morgan fingerprint density at radius 3 is 1.00 bits per heavy atom. The van der Waals surface area contributed by atoms with Gasteiger partial charge < -0.3 is 12.3 Å². The van der Waals surface area contributed by atoms with Crippen molar-refractivity contribution in [1.82, 2.24) is 0 Å². The van der Waals surface area contributed by atoms with E-state index >= 15 is 0 Å². The minimum atomic E-state index is -5.59. The first-order valence-corrected chi connectivity index (χ1v) is 15.6. The summed E-state index contributed by atoms with van der Waals surface area (Å²) in [5, 5.41) is 0. The van der Waals surface area contributed by atoms with Crippen LogP contribution in [-0.4, -0.2) is 58.4 Å². The van der Waals surface area contributed by atoms with Crippen LogP contribution in [0.3, 0.4) is 0 Å². The first kappa shape index (κ1) is 24.4. The van der Waals surface area contributed by atoms with Gasteiger partial charge in [0, 0.05) is 0 Å². The third-order valence-corrected chi connectivity index (χ3v) is 14.6. The van der Waals surface area contributed by atoms with Crippen molar-refractivity contribution in [3.8, 4) is 0 Å². The molecule has 0 aromatic heterocycles. The summed E-state index contributed by atoms with van der Waals surface area (Å²) in [6, 6.07) is -11.4. The molecule has 0 heterocycles. The molecule has 17 heteroatoms. The van der Waals surface area contributed by atoms with E-state index in [-0.39, 0.29) is 19.6 Å². The van der Waals surface area contributed by atoms with Gasteiger partial charge in [-0.3, -0.25) is 12.3 Å². The van der Waals surface area contributed by atoms with E-state index in [9.17, 15) is 38.7 Å². The largest absolute Gasteiger partial charge is 0.490 e. The predicted octanol–water partition coefficient (Wildman–Crippen LogP) is 4.29. The Morgan fingerprint density at radius 1 is 0.667 bits per heavy atom. The van der Waals surface area contributed by atoms with Gasteiger partial charge in [0.2, 0.25) is 0 Å². The zero-order valence-corrected chi connectivity index (χ0v) is 17.2. The summed E-state index contributed by atoms with van der Waals surface area (Å²) in [7, 11) is -22.3. The second-order valence-electron chi connectivity index (χ2n) is 4.98. The van der Waals surface area contributed by atoms with Gasteiger partial charge in [0.1, 0.15) is 0 Å². The summed E-state index contributed by atoms with van der Waals surface area (Å²) in [6.45, 7) is 0.660. The molecule has 0 saturated carbocycles. The average Bonchev–Trinajstić information content (AvgIpc) is 2.36. The third kappa shape index (κ3) is 6.61. The van der Waals surface area contributed by atoms with E-state index in [0.717, 1.165) is 0 Å². The van der Waals surface area contributed by atoms with E-state index in [1.165, 1.54) is 0 Å². The average molecular weight is 465 g/mol. The Kier molecular flexibility index (Phi) is 8.54. The summed E-state index contributed by atoms with van der Waals surface area (Å²) >= 11 is 5.28. The molecule has 0 aromatic rings. The van der Waals surface area contributed by atoms with Crippen molar-refractivity contribution >= 4 is 46.4 Å². The quantitative estimate of drug-likeness (QED) is 0.209. The SMILES string of the molecule is C[Si](F)(O[Si](CCl)(O[Si](C)(F)C(F)F)O[Si](C)(F)C(F)F)C(F)F. The third-order valence-electron chi connectivity index (χ3n) is 2.40. The Labute approximate surface area is 141 Å². The van der Waals surface area contributed by atoms with Gasteiger partial charge in [-0.1, -0.05) is 0 Å². The Bertz CT molecular complexity index is 360. The van der Waals surface area contributed by atoms with Crippen molar-refractivity contribution in [2.75, 3.05) is 5.50 Å². The molecule has 0 aromatic carbocycles. The molecule has 0 aliphatic heterocycles. The molecule has 0 aliphatic rings. The lowest BCUT2D eigenvalue weighted by atomic mass is 11.7. The first-order valence-electron chi connectivity index (χ1n) is 6.09. The minimum Gasteiger partial charge on any atom is -0.387 e. The van der Waals surface area contributed by atoms with Crippen LogP contribution in [0, 0.1) is 0 Å². The molecule has 0 N–H and O–H groups in total. The van der Waals surface area contributed by atoms with Crippen molar-refractivity contribution in [1.29, 1.82) is 0 Å². The van der Waals surface area contributed by atoms with Gasteiger partial charge in [0.25, 0.3) is 18.1 Å². The highest BCUT2D eigenvalue weighted by molar-refractivity contribution is 6.90. The van der Waals surface area contributed by atoms with Crippen LogP contribution in [0.1, 0.15) is 0 Å². The highest BCUT2D eigenvalue weighted by atomic mass is 35.5. The maximum atomic E-state index is 13.8. The van der Waals surface area contributed by atoms with Crippen molar-refractivity contribution in [2.45, 2.75) is 37.8 Å². The minimum absolute atomic E-state index is 0.220. The lowest BCUT2D eigenvalue weighted by Gasteiger charge is -2.38. The number of halogens is 10. The molecule has 0 radical (unpaired) electrons. The summed E-state index contributed by atoms with van der Waals surface area (Å²) in [4.78, 5) is 0. The lowest BCUT2D eigenvalue weighted by molar-refractivity contribution is 0.119. The fourth-order valence-electron chi connectivity index (χ4n) is 1.19. The molecule has 3 nitrogen and oxygen atoms in total. The van der Waals surface area contributed by atoms with E-state index in [1.54, 1.807) is 0 Å². The van der Waals surface area contributed by atoms with Gasteiger partial charge in [-0.15, -0.1) is 11.6 Å². The van der Waals surface area contributed by atoms with E-state index < -0.39 is 58.4 Å². The van der Waals surface area contributed by atoms with E-state index in [2.05, 4.69) is 12.3 Å². The normalized spacial score (nSPS) is 23.0. The molecular formula is C7H14ClF9O3Si4. The fourth-order valence-corrected chi connectivity index (χ4v) is 13.3. The van der Waals surface area contributed by atoms with Gasteiger partial charge in [0.05, 0.1) is 5.50 Å².